The monoisotopic (exact) mass is 443 g/mol. The van der Waals surface area contributed by atoms with E-state index in [0.29, 0.717) is 10.8 Å². The van der Waals surface area contributed by atoms with E-state index >= 15 is 0 Å². The Balaban J connectivity index is 1.76. The lowest BCUT2D eigenvalue weighted by molar-refractivity contribution is -0.123. The van der Waals surface area contributed by atoms with Crippen molar-refractivity contribution in [1.82, 2.24) is 5.32 Å². The second-order valence-corrected chi connectivity index (χ2v) is 7.45. The SMILES string of the molecule is Cc1ccccc1[C@@H](NC(=O)COc1ccc(Br)cc1Cl)c1ccccc1. The molecule has 0 fully saturated rings. The number of amides is 1. The minimum Gasteiger partial charge on any atom is -0.482 e. The average Bonchev–Trinajstić information content (AvgIpc) is 2.67. The molecule has 3 aromatic rings. The minimum absolute atomic E-state index is 0.115. The van der Waals surface area contributed by atoms with Crippen LogP contribution in [0.4, 0.5) is 0 Å². The van der Waals surface area contributed by atoms with Crippen molar-refractivity contribution < 1.29 is 9.53 Å². The molecule has 5 heteroatoms. The van der Waals surface area contributed by atoms with Crippen molar-refractivity contribution >= 4 is 33.4 Å². The van der Waals surface area contributed by atoms with Crippen molar-refractivity contribution in [2.45, 2.75) is 13.0 Å². The maximum atomic E-state index is 12.6. The summed E-state index contributed by atoms with van der Waals surface area (Å²) >= 11 is 9.49. The van der Waals surface area contributed by atoms with Crippen LogP contribution in [0.3, 0.4) is 0 Å². The largest absolute Gasteiger partial charge is 0.482 e. The molecule has 3 nitrogen and oxygen atoms in total. The molecule has 0 radical (unpaired) electrons. The Kier molecular flexibility index (Phi) is 6.54. The number of halogens is 2. The van der Waals surface area contributed by atoms with Crippen LogP contribution in [0.25, 0.3) is 0 Å². The summed E-state index contributed by atoms with van der Waals surface area (Å²) in [5.41, 5.74) is 3.18. The van der Waals surface area contributed by atoms with Crippen LogP contribution >= 0.6 is 27.5 Å². The van der Waals surface area contributed by atoms with Crippen molar-refractivity contribution in [3.63, 3.8) is 0 Å². The van der Waals surface area contributed by atoms with Crippen LogP contribution in [0, 0.1) is 6.92 Å². The van der Waals surface area contributed by atoms with Crippen LogP contribution in [-0.4, -0.2) is 12.5 Å². The quantitative estimate of drug-likeness (QED) is 0.530. The van der Waals surface area contributed by atoms with E-state index in [1.54, 1.807) is 12.1 Å². The van der Waals surface area contributed by atoms with Crippen LogP contribution in [0.1, 0.15) is 22.7 Å². The molecule has 1 atom stereocenters. The van der Waals surface area contributed by atoms with Gasteiger partial charge in [-0.15, -0.1) is 0 Å². The Morgan fingerprint density at radius 2 is 1.78 bits per heavy atom. The molecule has 0 saturated heterocycles. The Morgan fingerprint density at radius 1 is 1.07 bits per heavy atom. The van der Waals surface area contributed by atoms with E-state index in [-0.39, 0.29) is 18.6 Å². The van der Waals surface area contributed by atoms with Gasteiger partial charge in [0.15, 0.2) is 6.61 Å². The maximum absolute atomic E-state index is 12.6. The molecule has 0 aliphatic carbocycles. The highest BCUT2D eigenvalue weighted by Gasteiger charge is 2.18. The molecular weight excluding hydrogens is 426 g/mol. The molecule has 3 rings (SSSR count). The van der Waals surface area contributed by atoms with Crippen molar-refractivity contribution in [3.05, 3.63) is 99.0 Å². The number of benzene rings is 3. The number of hydrogen-bond acceptors (Lipinski definition) is 2. The van der Waals surface area contributed by atoms with E-state index in [4.69, 9.17) is 16.3 Å². The number of rotatable bonds is 6. The normalized spacial score (nSPS) is 11.7. The second kappa shape index (κ2) is 9.07. The van der Waals surface area contributed by atoms with Crippen molar-refractivity contribution in [2.75, 3.05) is 6.61 Å². The number of carbonyl (C=O) groups excluding carboxylic acids is 1. The molecular formula is C22H19BrClNO2. The Labute approximate surface area is 172 Å². The van der Waals surface area contributed by atoms with Gasteiger partial charge < -0.3 is 10.1 Å². The summed E-state index contributed by atoms with van der Waals surface area (Å²) < 4.78 is 6.45. The highest BCUT2D eigenvalue weighted by molar-refractivity contribution is 9.10. The van der Waals surface area contributed by atoms with Crippen LogP contribution in [-0.2, 0) is 4.79 Å². The van der Waals surface area contributed by atoms with Crippen molar-refractivity contribution in [2.24, 2.45) is 0 Å². The Morgan fingerprint density at radius 3 is 2.48 bits per heavy atom. The lowest BCUT2D eigenvalue weighted by Gasteiger charge is -2.22. The molecule has 138 valence electrons. The third kappa shape index (κ3) is 5.12. The lowest BCUT2D eigenvalue weighted by Crippen LogP contribution is -2.33. The molecule has 0 bridgehead atoms. The zero-order chi connectivity index (χ0) is 19.2. The van der Waals surface area contributed by atoms with Crippen molar-refractivity contribution in [3.8, 4) is 5.75 Å². The van der Waals surface area contributed by atoms with Gasteiger partial charge in [-0.1, -0.05) is 82.1 Å². The van der Waals surface area contributed by atoms with Gasteiger partial charge in [-0.3, -0.25) is 4.79 Å². The van der Waals surface area contributed by atoms with Gasteiger partial charge in [-0.25, -0.2) is 0 Å². The topological polar surface area (TPSA) is 38.3 Å². The summed E-state index contributed by atoms with van der Waals surface area (Å²) in [4.78, 5) is 12.6. The van der Waals surface area contributed by atoms with Crippen molar-refractivity contribution in [1.29, 1.82) is 0 Å². The second-order valence-electron chi connectivity index (χ2n) is 6.13. The third-order valence-electron chi connectivity index (χ3n) is 4.19. The predicted octanol–water partition coefficient (Wildman–Crippen LogP) is 5.70. The maximum Gasteiger partial charge on any atom is 0.258 e. The first-order valence-corrected chi connectivity index (χ1v) is 9.69. The fourth-order valence-electron chi connectivity index (χ4n) is 2.84. The number of ether oxygens (including phenoxy) is 1. The summed E-state index contributed by atoms with van der Waals surface area (Å²) in [6.07, 6.45) is 0. The van der Waals surface area contributed by atoms with Gasteiger partial charge in [0.2, 0.25) is 0 Å². The summed E-state index contributed by atoms with van der Waals surface area (Å²) in [7, 11) is 0. The first-order valence-electron chi connectivity index (χ1n) is 8.52. The van der Waals surface area contributed by atoms with E-state index in [1.165, 1.54) is 0 Å². The molecule has 0 spiro atoms. The third-order valence-corrected chi connectivity index (χ3v) is 4.98. The molecule has 0 unspecified atom stereocenters. The summed E-state index contributed by atoms with van der Waals surface area (Å²) in [5, 5.41) is 3.53. The van der Waals surface area contributed by atoms with Gasteiger partial charge in [0.05, 0.1) is 11.1 Å². The Bertz CT molecular complexity index is 931. The Hall–Kier alpha value is -2.30. The van der Waals surface area contributed by atoms with Crippen LogP contribution < -0.4 is 10.1 Å². The van der Waals surface area contributed by atoms with Gasteiger partial charge in [-0.2, -0.15) is 0 Å². The molecule has 0 aromatic heterocycles. The highest BCUT2D eigenvalue weighted by atomic mass is 79.9. The first-order chi connectivity index (χ1) is 13.0. The minimum atomic E-state index is -0.246. The number of aryl methyl sites for hydroxylation is 1. The van der Waals surface area contributed by atoms with Gasteiger partial charge in [0, 0.05) is 4.47 Å². The number of carbonyl (C=O) groups is 1. The molecule has 0 aliphatic rings. The smallest absolute Gasteiger partial charge is 0.258 e. The van der Waals surface area contributed by atoms with Crippen LogP contribution in [0.2, 0.25) is 5.02 Å². The molecule has 0 aliphatic heterocycles. The summed E-state index contributed by atoms with van der Waals surface area (Å²) in [6.45, 7) is 1.92. The van der Waals surface area contributed by atoms with Crippen LogP contribution in [0.15, 0.2) is 77.3 Å². The van der Waals surface area contributed by atoms with Gasteiger partial charge in [-0.05, 0) is 41.8 Å². The predicted molar refractivity (Wildman–Crippen MR) is 112 cm³/mol. The van der Waals surface area contributed by atoms with E-state index < -0.39 is 0 Å². The molecule has 3 aromatic carbocycles. The molecule has 27 heavy (non-hydrogen) atoms. The van der Waals surface area contributed by atoms with Gasteiger partial charge >= 0.3 is 0 Å². The standard InChI is InChI=1S/C22H19BrClNO2/c1-15-7-5-6-10-18(15)22(16-8-3-2-4-9-16)25-21(26)14-27-20-12-11-17(23)13-19(20)24/h2-13,22H,14H2,1H3,(H,25,26)/t22-/m0/s1. The van der Waals surface area contributed by atoms with Gasteiger partial charge in [0.1, 0.15) is 5.75 Å². The fraction of sp³-hybridized carbons (Fsp3) is 0.136. The molecule has 0 saturated carbocycles. The van der Waals surface area contributed by atoms with E-state index in [0.717, 1.165) is 21.2 Å². The zero-order valence-corrected chi connectivity index (χ0v) is 17.1. The fourth-order valence-corrected chi connectivity index (χ4v) is 3.56. The average molecular weight is 445 g/mol. The zero-order valence-electron chi connectivity index (χ0n) is 14.8. The first kappa shape index (κ1) is 19.5. The van der Waals surface area contributed by atoms with E-state index in [1.807, 2.05) is 67.6 Å². The number of nitrogens with one attached hydrogen (secondary N) is 1. The van der Waals surface area contributed by atoms with E-state index in [2.05, 4.69) is 21.2 Å². The molecule has 0 heterocycles. The molecule has 1 amide bonds. The van der Waals surface area contributed by atoms with Crippen LogP contribution in [0.5, 0.6) is 5.75 Å². The lowest BCUT2D eigenvalue weighted by atomic mass is 9.95. The summed E-state index contributed by atoms with van der Waals surface area (Å²) in [6, 6.07) is 23.0. The van der Waals surface area contributed by atoms with E-state index in [9.17, 15) is 4.79 Å². The molecule has 1 N–H and O–H groups in total. The summed E-state index contributed by atoms with van der Waals surface area (Å²) in [5.74, 6) is 0.258. The highest BCUT2D eigenvalue weighted by Crippen LogP contribution is 2.28. The van der Waals surface area contributed by atoms with Gasteiger partial charge in [0.25, 0.3) is 5.91 Å². The number of hydrogen-bond donors (Lipinski definition) is 1.